The fourth-order valence-electron chi connectivity index (χ4n) is 3.22. The topological polar surface area (TPSA) is 92.0 Å². The van der Waals surface area contributed by atoms with Gasteiger partial charge in [0, 0.05) is 23.4 Å². The molecule has 0 radical (unpaired) electrons. The standard InChI is InChI=1S/C18H20N2O5/c1-9(2)19-7-11-5-14(21)15(25-4)6-12(11)16-10(3)17(22)13(18(23)24)8-20(16)19/h5-6,8-9,21H,7H2,1-4H3,(H,23,24). The monoisotopic (exact) mass is 344 g/mol. The highest BCUT2D eigenvalue weighted by atomic mass is 16.5. The molecule has 2 heterocycles. The first-order chi connectivity index (χ1) is 11.8. The van der Waals surface area contributed by atoms with E-state index in [-0.39, 0.29) is 17.4 Å². The van der Waals surface area contributed by atoms with E-state index in [9.17, 15) is 19.8 Å². The summed E-state index contributed by atoms with van der Waals surface area (Å²) in [6, 6.07) is 3.36. The van der Waals surface area contributed by atoms with Crippen LogP contribution in [0.25, 0.3) is 11.3 Å². The molecule has 1 aromatic heterocycles. The van der Waals surface area contributed by atoms with Gasteiger partial charge in [-0.05, 0) is 38.5 Å². The third kappa shape index (κ3) is 2.52. The summed E-state index contributed by atoms with van der Waals surface area (Å²) < 4.78 is 6.91. The van der Waals surface area contributed by atoms with Gasteiger partial charge in [-0.3, -0.25) is 9.47 Å². The number of aromatic hydroxyl groups is 1. The third-order valence-electron chi connectivity index (χ3n) is 4.52. The third-order valence-corrected chi connectivity index (χ3v) is 4.52. The zero-order valence-corrected chi connectivity index (χ0v) is 14.5. The molecular formula is C18H20N2O5. The molecule has 0 unspecified atom stereocenters. The maximum atomic E-state index is 12.5. The lowest BCUT2D eigenvalue weighted by Crippen LogP contribution is -2.44. The van der Waals surface area contributed by atoms with Crippen molar-refractivity contribution in [3.05, 3.63) is 45.2 Å². The number of pyridine rings is 1. The molecule has 0 atom stereocenters. The Morgan fingerprint density at radius 2 is 2.00 bits per heavy atom. The van der Waals surface area contributed by atoms with Gasteiger partial charge < -0.3 is 20.0 Å². The number of rotatable bonds is 3. The predicted molar refractivity (Wildman–Crippen MR) is 93.1 cm³/mol. The molecule has 0 spiro atoms. The van der Waals surface area contributed by atoms with Crippen molar-refractivity contribution in [2.75, 3.05) is 12.1 Å². The molecular weight excluding hydrogens is 324 g/mol. The number of carboxylic acids is 1. The maximum absolute atomic E-state index is 12.5. The highest BCUT2D eigenvalue weighted by molar-refractivity contribution is 5.88. The van der Waals surface area contributed by atoms with Crippen LogP contribution in [0.5, 0.6) is 11.5 Å². The Morgan fingerprint density at radius 1 is 1.32 bits per heavy atom. The second-order valence-electron chi connectivity index (χ2n) is 6.37. The lowest BCUT2D eigenvalue weighted by Gasteiger charge is -2.39. The largest absolute Gasteiger partial charge is 0.504 e. The van der Waals surface area contributed by atoms with Crippen molar-refractivity contribution in [1.82, 2.24) is 4.68 Å². The van der Waals surface area contributed by atoms with E-state index in [4.69, 9.17) is 4.74 Å². The van der Waals surface area contributed by atoms with Gasteiger partial charge in [-0.15, -0.1) is 0 Å². The van der Waals surface area contributed by atoms with Crippen LogP contribution in [0.3, 0.4) is 0 Å². The molecule has 0 bridgehead atoms. The number of ether oxygens (including phenoxy) is 1. The summed E-state index contributed by atoms with van der Waals surface area (Å²) in [6.45, 7) is 6.05. The van der Waals surface area contributed by atoms with Crippen LogP contribution in [0.4, 0.5) is 0 Å². The minimum Gasteiger partial charge on any atom is -0.504 e. The second kappa shape index (κ2) is 5.84. The summed E-state index contributed by atoms with van der Waals surface area (Å²) in [6.07, 6.45) is 1.37. The smallest absolute Gasteiger partial charge is 0.341 e. The van der Waals surface area contributed by atoms with Gasteiger partial charge in [-0.25, -0.2) is 4.79 Å². The Kier molecular flexibility index (Phi) is 3.94. The number of carbonyl (C=O) groups is 1. The number of hydrogen-bond acceptors (Lipinski definition) is 5. The molecule has 2 aromatic rings. The van der Waals surface area contributed by atoms with Crippen molar-refractivity contribution in [1.29, 1.82) is 0 Å². The zero-order valence-electron chi connectivity index (χ0n) is 14.5. The van der Waals surface area contributed by atoms with E-state index in [1.54, 1.807) is 23.7 Å². The first-order valence-corrected chi connectivity index (χ1v) is 7.93. The van der Waals surface area contributed by atoms with E-state index in [0.717, 1.165) is 11.1 Å². The second-order valence-corrected chi connectivity index (χ2v) is 6.37. The first-order valence-electron chi connectivity index (χ1n) is 7.93. The number of aromatic carboxylic acids is 1. The summed E-state index contributed by atoms with van der Waals surface area (Å²) in [7, 11) is 1.46. The molecule has 0 fully saturated rings. The van der Waals surface area contributed by atoms with Crippen LogP contribution in [0.2, 0.25) is 0 Å². The quantitative estimate of drug-likeness (QED) is 0.886. The van der Waals surface area contributed by atoms with Gasteiger partial charge in [-0.2, -0.15) is 0 Å². The zero-order chi connectivity index (χ0) is 18.5. The minimum absolute atomic E-state index is 0.0283. The van der Waals surface area contributed by atoms with Gasteiger partial charge in [0.25, 0.3) is 0 Å². The molecule has 1 aliphatic rings. The number of phenols is 1. The molecule has 0 aliphatic carbocycles. The molecule has 0 saturated heterocycles. The first kappa shape index (κ1) is 16.9. The SMILES string of the molecule is COc1cc2c(cc1O)CN(C(C)C)n1cc(C(=O)O)c(=O)c(C)c1-2. The van der Waals surface area contributed by atoms with Gasteiger partial charge >= 0.3 is 5.97 Å². The Morgan fingerprint density at radius 3 is 2.56 bits per heavy atom. The van der Waals surface area contributed by atoms with E-state index < -0.39 is 11.4 Å². The molecule has 7 heteroatoms. The highest BCUT2D eigenvalue weighted by Crippen LogP contribution is 2.39. The Labute approximate surface area is 144 Å². The van der Waals surface area contributed by atoms with Gasteiger partial charge in [0.1, 0.15) is 5.56 Å². The van der Waals surface area contributed by atoms with Gasteiger partial charge in [0.2, 0.25) is 0 Å². The van der Waals surface area contributed by atoms with Crippen LogP contribution in [0.1, 0.15) is 35.3 Å². The molecule has 0 amide bonds. The van der Waals surface area contributed by atoms with Crippen molar-refractivity contribution >= 4 is 5.97 Å². The van der Waals surface area contributed by atoms with Gasteiger partial charge in [0.05, 0.1) is 19.3 Å². The van der Waals surface area contributed by atoms with Crippen molar-refractivity contribution < 1.29 is 19.7 Å². The lowest BCUT2D eigenvalue weighted by atomic mass is 9.96. The summed E-state index contributed by atoms with van der Waals surface area (Å²) in [5.41, 5.74) is 1.78. The van der Waals surface area contributed by atoms with Crippen LogP contribution in [-0.4, -0.2) is 34.0 Å². The Bertz CT molecular complexity index is 930. The number of hydrogen-bond donors (Lipinski definition) is 2. The molecule has 2 N–H and O–H groups in total. The number of fused-ring (bicyclic) bond motifs is 3. The van der Waals surface area contributed by atoms with E-state index in [1.165, 1.54) is 13.3 Å². The van der Waals surface area contributed by atoms with Crippen molar-refractivity contribution in [2.24, 2.45) is 0 Å². The molecule has 7 nitrogen and oxygen atoms in total. The average Bonchev–Trinajstić information content (AvgIpc) is 2.55. The number of carboxylic acid groups (broad SMARTS) is 1. The fraction of sp³-hybridized carbons (Fsp3) is 0.333. The Hall–Kier alpha value is -2.96. The van der Waals surface area contributed by atoms with Crippen LogP contribution in [0.15, 0.2) is 23.1 Å². The molecule has 132 valence electrons. The summed E-state index contributed by atoms with van der Waals surface area (Å²) in [5, 5.41) is 21.4. The molecule has 3 rings (SSSR count). The van der Waals surface area contributed by atoms with Crippen molar-refractivity contribution in [2.45, 2.75) is 33.4 Å². The van der Waals surface area contributed by atoms with Crippen molar-refractivity contribution in [3.63, 3.8) is 0 Å². The molecule has 1 aromatic carbocycles. The van der Waals surface area contributed by atoms with Crippen LogP contribution in [0, 0.1) is 6.92 Å². The number of nitrogens with zero attached hydrogens (tertiary/aromatic N) is 2. The Balaban J connectivity index is 2.40. The normalized spacial score (nSPS) is 12.8. The van der Waals surface area contributed by atoms with E-state index in [2.05, 4.69) is 0 Å². The summed E-state index contributed by atoms with van der Waals surface area (Å²) in [4.78, 5) is 23.9. The van der Waals surface area contributed by atoms with E-state index in [0.29, 0.717) is 23.6 Å². The van der Waals surface area contributed by atoms with E-state index in [1.807, 2.05) is 18.9 Å². The highest BCUT2D eigenvalue weighted by Gasteiger charge is 2.29. The molecule has 1 aliphatic heterocycles. The van der Waals surface area contributed by atoms with Crippen LogP contribution < -0.4 is 15.2 Å². The minimum atomic E-state index is -1.25. The van der Waals surface area contributed by atoms with Crippen LogP contribution >= 0.6 is 0 Å². The van der Waals surface area contributed by atoms with E-state index >= 15 is 0 Å². The number of methoxy groups -OCH3 is 1. The number of benzene rings is 1. The number of phenolic OH excluding ortho intramolecular Hbond substituents is 1. The molecule has 25 heavy (non-hydrogen) atoms. The maximum Gasteiger partial charge on any atom is 0.341 e. The predicted octanol–water partition coefficient (Wildman–Crippen LogP) is 2.10. The summed E-state index contributed by atoms with van der Waals surface area (Å²) >= 11 is 0. The molecule has 0 saturated carbocycles. The number of aromatic nitrogens is 1. The average molecular weight is 344 g/mol. The fourth-order valence-corrected chi connectivity index (χ4v) is 3.22. The van der Waals surface area contributed by atoms with Crippen molar-refractivity contribution in [3.8, 4) is 22.8 Å². The van der Waals surface area contributed by atoms with Gasteiger partial charge in [0.15, 0.2) is 16.9 Å². The van der Waals surface area contributed by atoms with Crippen LogP contribution in [-0.2, 0) is 6.54 Å². The van der Waals surface area contributed by atoms with Gasteiger partial charge in [-0.1, -0.05) is 0 Å². The lowest BCUT2D eigenvalue weighted by molar-refractivity contribution is 0.0694. The summed E-state index contributed by atoms with van der Waals surface area (Å²) in [5.74, 6) is -0.917.